The van der Waals surface area contributed by atoms with Crippen molar-refractivity contribution in [2.75, 3.05) is 0 Å². The molecule has 0 aliphatic heterocycles. The number of hydrogen-bond donors (Lipinski definition) is 1. The molecule has 1 aromatic carbocycles. The number of hydrogen-bond acceptors (Lipinski definition) is 3. The van der Waals surface area contributed by atoms with Gasteiger partial charge in [0, 0.05) is 18.8 Å². The first-order chi connectivity index (χ1) is 9.73. The van der Waals surface area contributed by atoms with E-state index in [1.165, 1.54) is 6.07 Å². The summed E-state index contributed by atoms with van der Waals surface area (Å²) < 4.78 is 1.89. The van der Waals surface area contributed by atoms with E-state index in [0.717, 1.165) is 22.3 Å². The maximum absolute atomic E-state index is 11.3. The molecule has 2 aromatic rings. The van der Waals surface area contributed by atoms with Gasteiger partial charge in [-0.25, -0.2) is 0 Å². The SMILES string of the molecule is Cc1cc([N+](=O)[O-])c2c(CC(C)C(=O)O)c(C)n(C)c2c1. The quantitative estimate of drug-likeness (QED) is 0.693. The van der Waals surface area contributed by atoms with Crippen LogP contribution in [0.1, 0.15) is 23.7 Å². The number of non-ortho nitro benzene ring substituents is 1. The molecule has 2 rings (SSSR count). The van der Waals surface area contributed by atoms with Crippen LogP contribution in [0.5, 0.6) is 0 Å². The van der Waals surface area contributed by atoms with Gasteiger partial charge in [0.05, 0.1) is 21.7 Å². The second-order valence-corrected chi connectivity index (χ2v) is 5.50. The van der Waals surface area contributed by atoms with E-state index in [9.17, 15) is 14.9 Å². The molecule has 21 heavy (non-hydrogen) atoms. The molecule has 6 heteroatoms. The topological polar surface area (TPSA) is 85.4 Å². The summed E-state index contributed by atoms with van der Waals surface area (Å²) >= 11 is 0. The van der Waals surface area contributed by atoms with Crippen molar-refractivity contribution in [1.82, 2.24) is 4.57 Å². The van der Waals surface area contributed by atoms with E-state index >= 15 is 0 Å². The smallest absolute Gasteiger partial charge is 0.306 e. The maximum atomic E-state index is 11.3. The van der Waals surface area contributed by atoms with E-state index in [4.69, 9.17) is 5.11 Å². The van der Waals surface area contributed by atoms with E-state index in [1.807, 2.05) is 31.5 Å². The third-order valence-corrected chi connectivity index (χ3v) is 3.97. The van der Waals surface area contributed by atoms with Crippen molar-refractivity contribution < 1.29 is 14.8 Å². The Hall–Kier alpha value is -2.37. The van der Waals surface area contributed by atoms with Crippen LogP contribution < -0.4 is 0 Å². The Balaban J connectivity index is 2.78. The van der Waals surface area contributed by atoms with Crippen LogP contribution in [0.25, 0.3) is 10.9 Å². The molecule has 6 nitrogen and oxygen atoms in total. The van der Waals surface area contributed by atoms with Crippen LogP contribution in [-0.2, 0) is 18.3 Å². The molecule has 0 aliphatic rings. The molecule has 1 N–H and O–H groups in total. The number of nitrogens with zero attached hydrogens (tertiary/aromatic N) is 2. The monoisotopic (exact) mass is 290 g/mol. The lowest BCUT2D eigenvalue weighted by Gasteiger charge is -2.07. The van der Waals surface area contributed by atoms with E-state index in [2.05, 4.69) is 0 Å². The highest BCUT2D eigenvalue weighted by atomic mass is 16.6. The van der Waals surface area contributed by atoms with Crippen LogP contribution in [0, 0.1) is 29.9 Å². The summed E-state index contributed by atoms with van der Waals surface area (Å²) in [6, 6.07) is 3.43. The van der Waals surface area contributed by atoms with Crippen LogP contribution in [0.2, 0.25) is 0 Å². The third-order valence-electron chi connectivity index (χ3n) is 3.97. The summed E-state index contributed by atoms with van der Waals surface area (Å²) in [5, 5.41) is 21.0. The standard InChI is InChI=1S/C15H18N2O4/c1-8-5-12-14(13(6-8)17(20)21)11(10(3)16(12)4)7-9(2)15(18)19/h5-6,9H,7H2,1-4H3,(H,18,19). The van der Waals surface area contributed by atoms with Crippen molar-refractivity contribution >= 4 is 22.6 Å². The number of nitro groups is 1. The Labute approximate surface area is 122 Å². The highest BCUT2D eigenvalue weighted by molar-refractivity contribution is 5.94. The summed E-state index contributed by atoms with van der Waals surface area (Å²) in [6.45, 7) is 5.29. The van der Waals surface area contributed by atoms with Gasteiger partial charge >= 0.3 is 5.97 Å². The molecule has 1 heterocycles. The van der Waals surface area contributed by atoms with E-state index < -0.39 is 16.8 Å². The third kappa shape index (κ3) is 2.49. The zero-order chi connectivity index (χ0) is 15.9. The summed E-state index contributed by atoms with van der Waals surface area (Å²) in [5.74, 6) is -1.49. The lowest BCUT2D eigenvalue weighted by molar-refractivity contribution is -0.383. The first kappa shape index (κ1) is 15.0. The molecule has 112 valence electrons. The Kier molecular flexibility index (Phi) is 3.72. The van der Waals surface area contributed by atoms with Gasteiger partial charge in [0.25, 0.3) is 5.69 Å². The first-order valence-electron chi connectivity index (χ1n) is 6.69. The lowest BCUT2D eigenvalue weighted by atomic mass is 9.97. The second-order valence-electron chi connectivity index (χ2n) is 5.50. The fourth-order valence-corrected chi connectivity index (χ4v) is 2.67. The van der Waals surface area contributed by atoms with Crippen molar-refractivity contribution in [1.29, 1.82) is 0 Å². The average Bonchev–Trinajstić information content (AvgIpc) is 2.63. The van der Waals surface area contributed by atoms with Gasteiger partial charge in [-0.05, 0) is 37.5 Å². The maximum Gasteiger partial charge on any atom is 0.306 e. The van der Waals surface area contributed by atoms with Crippen LogP contribution >= 0.6 is 0 Å². The van der Waals surface area contributed by atoms with Gasteiger partial charge < -0.3 is 9.67 Å². The van der Waals surface area contributed by atoms with Crippen molar-refractivity contribution in [2.24, 2.45) is 13.0 Å². The minimum absolute atomic E-state index is 0.0429. The number of aromatic nitrogens is 1. The number of nitro benzene ring substituents is 1. The number of rotatable bonds is 4. The normalized spacial score (nSPS) is 12.6. The molecule has 0 bridgehead atoms. The van der Waals surface area contributed by atoms with Gasteiger partial charge in [-0.15, -0.1) is 0 Å². The zero-order valence-electron chi connectivity index (χ0n) is 12.5. The molecule has 0 saturated heterocycles. The summed E-state index contributed by atoms with van der Waals surface area (Å²) in [6.07, 6.45) is 0.280. The van der Waals surface area contributed by atoms with Gasteiger partial charge in [-0.2, -0.15) is 0 Å². The molecule has 1 unspecified atom stereocenters. The fourth-order valence-electron chi connectivity index (χ4n) is 2.67. The summed E-state index contributed by atoms with van der Waals surface area (Å²) in [7, 11) is 1.84. The average molecular weight is 290 g/mol. The highest BCUT2D eigenvalue weighted by Gasteiger charge is 2.24. The van der Waals surface area contributed by atoms with Crippen molar-refractivity contribution in [3.63, 3.8) is 0 Å². The molecule has 1 atom stereocenters. The fraction of sp³-hybridized carbons (Fsp3) is 0.400. The molecule has 0 amide bonds. The highest BCUT2D eigenvalue weighted by Crippen LogP contribution is 2.35. The van der Waals surface area contributed by atoms with Gasteiger partial charge in [-0.3, -0.25) is 14.9 Å². The number of carboxylic acids is 1. The summed E-state index contributed by atoms with van der Waals surface area (Å²) in [4.78, 5) is 22.0. The van der Waals surface area contributed by atoms with E-state index in [-0.39, 0.29) is 12.1 Å². The molecule has 0 fully saturated rings. The molecular weight excluding hydrogens is 272 g/mol. The molecule has 0 aliphatic carbocycles. The minimum Gasteiger partial charge on any atom is -0.481 e. The number of carbonyl (C=O) groups is 1. The van der Waals surface area contributed by atoms with Crippen molar-refractivity contribution in [3.8, 4) is 0 Å². The Bertz CT molecular complexity index is 746. The van der Waals surface area contributed by atoms with Crippen molar-refractivity contribution in [2.45, 2.75) is 27.2 Å². The predicted octanol–water partition coefficient (Wildman–Crippen LogP) is 2.97. The molecule has 0 radical (unpaired) electrons. The summed E-state index contributed by atoms with van der Waals surface area (Å²) in [5.41, 5.74) is 3.24. The Morgan fingerprint density at radius 2 is 2.05 bits per heavy atom. The number of aryl methyl sites for hydroxylation is 2. The molecular formula is C15H18N2O4. The molecule has 0 saturated carbocycles. The number of benzene rings is 1. The van der Waals surface area contributed by atoms with Gasteiger partial charge in [0.1, 0.15) is 0 Å². The number of carboxylic acid groups (broad SMARTS) is 1. The Morgan fingerprint density at radius 1 is 1.43 bits per heavy atom. The Morgan fingerprint density at radius 3 is 2.57 bits per heavy atom. The van der Waals surface area contributed by atoms with Crippen molar-refractivity contribution in [3.05, 3.63) is 39.1 Å². The van der Waals surface area contributed by atoms with Crippen LogP contribution in [0.4, 0.5) is 5.69 Å². The largest absolute Gasteiger partial charge is 0.481 e. The lowest BCUT2D eigenvalue weighted by Crippen LogP contribution is -2.13. The van der Waals surface area contributed by atoms with Crippen LogP contribution in [0.15, 0.2) is 12.1 Å². The van der Waals surface area contributed by atoms with Crippen LogP contribution in [0.3, 0.4) is 0 Å². The van der Waals surface area contributed by atoms with Gasteiger partial charge in [0.15, 0.2) is 0 Å². The molecule has 1 aromatic heterocycles. The molecule has 0 spiro atoms. The minimum atomic E-state index is -0.902. The second kappa shape index (κ2) is 5.20. The first-order valence-corrected chi connectivity index (χ1v) is 6.69. The zero-order valence-corrected chi connectivity index (χ0v) is 12.5. The van der Waals surface area contributed by atoms with E-state index in [0.29, 0.717) is 5.39 Å². The number of aliphatic carboxylic acids is 1. The predicted molar refractivity (Wildman–Crippen MR) is 79.6 cm³/mol. The number of fused-ring (bicyclic) bond motifs is 1. The van der Waals surface area contributed by atoms with E-state index in [1.54, 1.807) is 6.92 Å². The van der Waals surface area contributed by atoms with Crippen LogP contribution in [-0.4, -0.2) is 20.6 Å². The van der Waals surface area contributed by atoms with Gasteiger partial charge in [0.2, 0.25) is 0 Å². The van der Waals surface area contributed by atoms with Gasteiger partial charge in [-0.1, -0.05) is 6.92 Å².